The van der Waals surface area contributed by atoms with E-state index >= 15 is 0 Å². The van der Waals surface area contributed by atoms with Crippen molar-refractivity contribution >= 4 is 34.8 Å². The average molecular weight is 286 g/mol. The molecular formula is C12H9ClFNO4. The van der Waals surface area contributed by atoms with Crippen LogP contribution < -0.4 is 4.90 Å². The van der Waals surface area contributed by atoms with Crippen LogP contribution in [0.1, 0.15) is 10.4 Å². The summed E-state index contributed by atoms with van der Waals surface area (Å²) in [6.45, 7) is -0.532. The molecule has 1 aromatic carbocycles. The molecule has 0 atom stereocenters. The van der Waals surface area contributed by atoms with E-state index < -0.39 is 23.3 Å². The molecule has 0 radical (unpaired) electrons. The minimum Gasteiger partial charge on any atom is -0.377 e. The number of carbonyl (C=O) groups is 3. The Bertz CT molecular complexity index is 587. The summed E-state index contributed by atoms with van der Waals surface area (Å²) >= 11 is 5.56. The van der Waals surface area contributed by atoms with Gasteiger partial charge in [-0.3, -0.25) is 19.3 Å². The predicted molar refractivity (Wildman–Crippen MR) is 65.0 cm³/mol. The van der Waals surface area contributed by atoms with Gasteiger partial charge < -0.3 is 4.74 Å². The van der Waals surface area contributed by atoms with Crippen molar-refractivity contribution in [3.05, 3.63) is 28.5 Å². The van der Waals surface area contributed by atoms with Gasteiger partial charge >= 0.3 is 0 Å². The Labute approximate surface area is 112 Å². The van der Waals surface area contributed by atoms with Crippen molar-refractivity contribution in [2.75, 3.05) is 25.2 Å². The first kappa shape index (κ1) is 13.6. The fourth-order valence-electron chi connectivity index (χ4n) is 1.83. The Morgan fingerprint density at radius 1 is 1.42 bits per heavy atom. The lowest BCUT2D eigenvalue weighted by Crippen LogP contribution is -2.35. The lowest BCUT2D eigenvalue weighted by molar-refractivity contribution is -0.123. The smallest absolute Gasteiger partial charge is 0.299 e. The summed E-state index contributed by atoms with van der Waals surface area (Å²) in [6, 6.07) is 2.06. The first-order chi connectivity index (χ1) is 8.95. The number of ketones is 2. The molecule has 5 nitrogen and oxygen atoms in total. The zero-order chi connectivity index (χ0) is 14.2. The van der Waals surface area contributed by atoms with E-state index in [4.69, 9.17) is 11.6 Å². The van der Waals surface area contributed by atoms with Crippen LogP contribution >= 0.6 is 11.6 Å². The maximum atomic E-state index is 13.4. The molecule has 1 aliphatic rings. The number of fused-ring (bicyclic) bond motifs is 1. The Morgan fingerprint density at radius 2 is 2.11 bits per heavy atom. The molecule has 1 aliphatic heterocycles. The molecule has 0 aliphatic carbocycles. The maximum Gasteiger partial charge on any atom is 0.299 e. The highest BCUT2D eigenvalue weighted by Gasteiger charge is 2.37. The van der Waals surface area contributed by atoms with Gasteiger partial charge in [0.15, 0.2) is 5.78 Å². The van der Waals surface area contributed by atoms with Crippen LogP contribution in [0.3, 0.4) is 0 Å². The molecule has 0 N–H and O–H groups in total. The van der Waals surface area contributed by atoms with E-state index in [-0.39, 0.29) is 29.4 Å². The van der Waals surface area contributed by atoms with E-state index in [1.54, 1.807) is 0 Å². The van der Waals surface area contributed by atoms with E-state index in [0.717, 1.165) is 17.0 Å². The Morgan fingerprint density at radius 3 is 2.74 bits per heavy atom. The number of anilines is 1. The van der Waals surface area contributed by atoms with Crippen molar-refractivity contribution < 1.29 is 23.5 Å². The fourth-order valence-corrected chi connectivity index (χ4v) is 1.99. The monoisotopic (exact) mass is 285 g/mol. The molecule has 0 aromatic heterocycles. The number of hydrogen-bond acceptors (Lipinski definition) is 4. The summed E-state index contributed by atoms with van der Waals surface area (Å²) in [5.74, 6) is -2.83. The van der Waals surface area contributed by atoms with Gasteiger partial charge in [-0.05, 0) is 12.1 Å². The number of Topliss-reactive ketones (excluding diaryl/α,β-unsaturated/α-hetero) is 2. The van der Waals surface area contributed by atoms with Crippen LogP contribution in [0.25, 0.3) is 0 Å². The van der Waals surface area contributed by atoms with Crippen LogP contribution in [0, 0.1) is 5.82 Å². The lowest BCUT2D eigenvalue weighted by Gasteiger charge is -2.15. The van der Waals surface area contributed by atoms with Crippen molar-refractivity contribution in [1.29, 1.82) is 0 Å². The van der Waals surface area contributed by atoms with Gasteiger partial charge in [0, 0.05) is 7.11 Å². The second-order valence-electron chi connectivity index (χ2n) is 3.98. The van der Waals surface area contributed by atoms with Crippen LogP contribution in [0.15, 0.2) is 12.1 Å². The van der Waals surface area contributed by atoms with Crippen molar-refractivity contribution in [3.8, 4) is 0 Å². The molecule has 0 bridgehead atoms. The summed E-state index contributed by atoms with van der Waals surface area (Å²) in [4.78, 5) is 35.8. The number of rotatable bonds is 4. The maximum absolute atomic E-state index is 13.4. The number of nitrogens with zero attached hydrogens (tertiary/aromatic N) is 1. The molecule has 0 unspecified atom stereocenters. The molecule has 0 saturated heterocycles. The second-order valence-corrected chi connectivity index (χ2v) is 4.38. The van der Waals surface area contributed by atoms with Crippen molar-refractivity contribution in [2.45, 2.75) is 0 Å². The first-order valence-electron chi connectivity index (χ1n) is 5.31. The van der Waals surface area contributed by atoms with Gasteiger partial charge in [0.25, 0.3) is 11.7 Å². The van der Waals surface area contributed by atoms with Gasteiger partial charge in [0.05, 0.1) is 22.8 Å². The summed E-state index contributed by atoms with van der Waals surface area (Å²) in [5.41, 5.74) is 0.0583. The van der Waals surface area contributed by atoms with E-state index in [1.165, 1.54) is 7.11 Å². The number of ether oxygens (including phenoxy) is 1. The highest BCUT2D eigenvalue weighted by molar-refractivity contribution is 6.53. The third-order valence-electron chi connectivity index (χ3n) is 2.65. The SMILES string of the molecule is COCC(=O)CN1C(=O)C(=O)c2cc(Cl)c(F)cc21. The van der Waals surface area contributed by atoms with Gasteiger partial charge in [-0.15, -0.1) is 0 Å². The Kier molecular flexibility index (Phi) is 3.64. The molecule has 100 valence electrons. The third-order valence-corrected chi connectivity index (χ3v) is 2.94. The van der Waals surface area contributed by atoms with E-state index in [9.17, 15) is 18.8 Å². The average Bonchev–Trinajstić information content (AvgIpc) is 2.56. The van der Waals surface area contributed by atoms with Crippen molar-refractivity contribution in [2.24, 2.45) is 0 Å². The highest BCUT2D eigenvalue weighted by Crippen LogP contribution is 2.32. The first-order valence-corrected chi connectivity index (χ1v) is 5.69. The molecule has 0 fully saturated rings. The number of methoxy groups -OCH3 is 1. The van der Waals surface area contributed by atoms with Crippen molar-refractivity contribution in [3.63, 3.8) is 0 Å². The van der Waals surface area contributed by atoms with E-state index in [0.29, 0.717) is 0 Å². The van der Waals surface area contributed by atoms with Crippen LogP contribution in [-0.2, 0) is 14.3 Å². The van der Waals surface area contributed by atoms with Crippen LogP contribution in [0.2, 0.25) is 5.02 Å². The van der Waals surface area contributed by atoms with E-state index in [1.807, 2.05) is 0 Å². The number of benzene rings is 1. The molecule has 19 heavy (non-hydrogen) atoms. The summed E-state index contributed by atoms with van der Waals surface area (Å²) < 4.78 is 18.0. The number of amides is 1. The molecule has 7 heteroatoms. The van der Waals surface area contributed by atoms with Crippen LogP contribution in [0.5, 0.6) is 0 Å². The number of hydrogen-bond donors (Lipinski definition) is 0. The van der Waals surface area contributed by atoms with E-state index in [2.05, 4.69) is 4.74 Å². The quantitative estimate of drug-likeness (QED) is 0.781. The predicted octanol–water partition coefficient (Wildman–Crippen LogP) is 1.22. The zero-order valence-corrected chi connectivity index (χ0v) is 10.7. The minimum atomic E-state index is -0.874. The molecule has 1 amide bonds. The molecule has 0 saturated carbocycles. The molecular weight excluding hydrogens is 277 g/mol. The highest BCUT2D eigenvalue weighted by atomic mass is 35.5. The van der Waals surface area contributed by atoms with Gasteiger partial charge in [0.2, 0.25) is 0 Å². The fraction of sp³-hybridized carbons (Fsp3) is 0.250. The van der Waals surface area contributed by atoms with Gasteiger partial charge in [0.1, 0.15) is 12.4 Å². The third kappa shape index (κ3) is 2.36. The van der Waals surface area contributed by atoms with Crippen LogP contribution in [-0.4, -0.2) is 37.7 Å². The standard InChI is InChI=1S/C12H9ClFNO4/c1-19-5-6(16)4-15-10-3-9(14)8(13)2-7(10)11(17)12(15)18/h2-3H,4-5H2,1H3. The topological polar surface area (TPSA) is 63.7 Å². The molecule has 1 aromatic rings. The summed E-state index contributed by atoms with van der Waals surface area (Å²) in [5, 5.41) is -0.245. The molecule has 1 heterocycles. The Balaban J connectivity index is 2.38. The summed E-state index contributed by atoms with van der Waals surface area (Å²) in [6.07, 6.45) is 0. The number of halogens is 2. The van der Waals surface area contributed by atoms with Gasteiger partial charge in [-0.1, -0.05) is 11.6 Å². The van der Waals surface area contributed by atoms with Gasteiger partial charge in [-0.2, -0.15) is 0 Å². The number of carbonyl (C=O) groups excluding carboxylic acids is 3. The largest absolute Gasteiger partial charge is 0.377 e. The second kappa shape index (κ2) is 5.07. The van der Waals surface area contributed by atoms with Crippen LogP contribution in [0.4, 0.5) is 10.1 Å². The minimum absolute atomic E-state index is 0.00150. The molecule has 2 rings (SSSR count). The zero-order valence-electron chi connectivity index (χ0n) is 9.91. The lowest BCUT2D eigenvalue weighted by atomic mass is 10.1. The Hall–Kier alpha value is -1.79. The summed E-state index contributed by atoms with van der Waals surface area (Å²) in [7, 11) is 1.34. The van der Waals surface area contributed by atoms with Gasteiger partial charge in [-0.25, -0.2) is 4.39 Å². The molecule has 0 spiro atoms. The normalized spacial score (nSPS) is 13.9. The van der Waals surface area contributed by atoms with Crippen molar-refractivity contribution in [1.82, 2.24) is 0 Å².